The second kappa shape index (κ2) is 13.8. The average Bonchev–Trinajstić information content (AvgIpc) is 3.47. The van der Waals surface area contributed by atoms with Crippen molar-refractivity contribution in [2.75, 3.05) is 6.54 Å². The number of nitriles is 1. The van der Waals surface area contributed by atoms with Crippen LogP contribution < -0.4 is 16.0 Å². The number of hydrogen-bond acceptors (Lipinski definition) is 6. The van der Waals surface area contributed by atoms with E-state index < -0.39 is 29.7 Å². The van der Waals surface area contributed by atoms with E-state index in [1.807, 2.05) is 42.5 Å². The van der Waals surface area contributed by atoms with E-state index in [2.05, 4.69) is 27.2 Å². The molecule has 0 saturated carbocycles. The summed E-state index contributed by atoms with van der Waals surface area (Å²) in [5.41, 5.74) is 1.65. The van der Waals surface area contributed by atoms with Gasteiger partial charge in [0.25, 0.3) is 5.91 Å². The van der Waals surface area contributed by atoms with Gasteiger partial charge < -0.3 is 20.5 Å². The van der Waals surface area contributed by atoms with Gasteiger partial charge >= 0.3 is 0 Å². The lowest BCUT2D eigenvalue weighted by molar-refractivity contribution is -0.128. The van der Waals surface area contributed by atoms with Gasteiger partial charge in [0, 0.05) is 31.0 Å². The molecule has 0 bridgehead atoms. The number of amides is 3. The van der Waals surface area contributed by atoms with Crippen molar-refractivity contribution in [3.63, 3.8) is 0 Å². The Morgan fingerprint density at radius 1 is 1.11 bits per heavy atom. The molecule has 3 atom stereocenters. The summed E-state index contributed by atoms with van der Waals surface area (Å²) in [7, 11) is 0. The van der Waals surface area contributed by atoms with Crippen LogP contribution in [0.3, 0.4) is 0 Å². The fraction of sp³-hybridized carbons (Fsp3) is 0.265. The monoisotopic (exact) mass is 593 g/mol. The molecule has 224 valence electrons. The molecule has 0 radical (unpaired) electrons. The standard InChI is InChI=1S/C34H32FN5O4/c1-21-15-31(40-44-21)34(43)39-30(16-22-8-12-28(35)13-9-22)33(42)38-29(18-26-7-4-14-37-32(26)41)19-27(20-36)25-11-10-23-5-2-3-6-24(23)17-25/h2-3,5-6,8-13,15,17,19,26,29-30H,4,7,14,16,18H2,1H3,(H,37,41)(H,38,42)(H,39,43)/b27-19+/t26-,29-,30-/m0/s1. The number of rotatable bonds is 10. The van der Waals surface area contributed by atoms with Crippen molar-refractivity contribution in [2.45, 2.75) is 44.7 Å². The quantitative estimate of drug-likeness (QED) is 0.230. The van der Waals surface area contributed by atoms with Gasteiger partial charge in [0.1, 0.15) is 17.6 Å². The van der Waals surface area contributed by atoms with E-state index >= 15 is 0 Å². The molecule has 2 heterocycles. The summed E-state index contributed by atoms with van der Waals surface area (Å²) in [5, 5.41) is 24.4. The first-order valence-corrected chi connectivity index (χ1v) is 14.5. The fourth-order valence-electron chi connectivity index (χ4n) is 5.35. The number of benzene rings is 3. The molecule has 3 amide bonds. The first-order chi connectivity index (χ1) is 21.3. The van der Waals surface area contributed by atoms with Gasteiger partial charge in [-0.3, -0.25) is 14.4 Å². The van der Waals surface area contributed by atoms with E-state index in [0.29, 0.717) is 35.4 Å². The van der Waals surface area contributed by atoms with Crippen LogP contribution in [0.25, 0.3) is 16.3 Å². The second-order valence-corrected chi connectivity index (χ2v) is 10.9. The normalized spacial score (nSPS) is 16.4. The maximum atomic E-state index is 13.8. The first kappa shape index (κ1) is 30.2. The predicted molar refractivity (Wildman–Crippen MR) is 162 cm³/mol. The van der Waals surface area contributed by atoms with Crippen molar-refractivity contribution in [1.82, 2.24) is 21.1 Å². The smallest absolute Gasteiger partial charge is 0.274 e. The third-order valence-electron chi connectivity index (χ3n) is 7.65. The van der Waals surface area contributed by atoms with Gasteiger partial charge in [-0.2, -0.15) is 5.26 Å². The molecule has 3 aromatic carbocycles. The zero-order valence-electron chi connectivity index (χ0n) is 24.2. The summed E-state index contributed by atoms with van der Waals surface area (Å²) in [5.74, 6) is -1.61. The molecule has 4 aromatic rings. The highest BCUT2D eigenvalue weighted by molar-refractivity contribution is 5.96. The Balaban J connectivity index is 1.44. The molecule has 9 nitrogen and oxygen atoms in total. The van der Waals surface area contributed by atoms with Crippen LogP contribution >= 0.6 is 0 Å². The molecule has 1 aliphatic heterocycles. The van der Waals surface area contributed by atoms with E-state index in [4.69, 9.17) is 4.52 Å². The summed E-state index contributed by atoms with van der Waals surface area (Å²) in [6.07, 6.45) is 3.44. The Morgan fingerprint density at radius 3 is 2.59 bits per heavy atom. The predicted octanol–water partition coefficient (Wildman–Crippen LogP) is 4.62. The van der Waals surface area contributed by atoms with Crippen LogP contribution in [0.15, 0.2) is 83.4 Å². The zero-order valence-corrected chi connectivity index (χ0v) is 24.2. The summed E-state index contributed by atoms with van der Waals surface area (Å²) < 4.78 is 18.6. The number of allylic oxidation sites excluding steroid dienone is 1. The van der Waals surface area contributed by atoms with Crippen LogP contribution in [-0.4, -0.2) is 41.5 Å². The minimum Gasteiger partial charge on any atom is -0.361 e. The van der Waals surface area contributed by atoms with Gasteiger partial charge in [0.2, 0.25) is 11.8 Å². The molecule has 1 aliphatic rings. The Kier molecular flexibility index (Phi) is 9.45. The Labute approximate surface area is 254 Å². The molecule has 5 rings (SSSR count). The Bertz CT molecular complexity index is 1740. The largest absolute Gasteiger partial charge is 0.361 e. The molecule has 0 unspecified atom stereocenters. The highest BCUT2D eigenvalue weighted by Crippen LogP contribution is 2.24. The minimum absolute atomic E-state index is 0.0119. The van der Waals surface area contributed by atoms with Crippen molar-refractivity contribution in [2.24, 2.45) is 5.92 Å². The maximum absolute atomic E-state index is 13.8. The molecular formula is C34H32FN5O4. The number of hydrogen-bond donors (Lipinski definition) is 3. The van der Waals surface area contributed by atoms with Crippen LogP contribution in [0.4, 0.5) is 4.39 Å². The fourth-order valence-corrected chi connectivity index (χ4v) is 5.35. The minimum atomic E-state index is -1.08. The molecular weight excluding hydrogens is 561 g/mol. The van der Waals surface area contributed by atoms with Gasteiger partial charge in [-0.05, 0) is 72.4 Å². The van der Waals surface area contributed by atoms with E-state index in [9.17, 15) is 24.0 Å². The number of halogens is 1. The number of carbonyl (C=O) groups is 3. The van der Waals surface area contributed by atoms with Gasteiger partial charge in [-0.15, -0.1) is 0 Å². The molecule has 44 heavy (non-hydrogen) atoms. The van der Waals surface area contributed by atoms with Crippen LogP contribution in [-0.2, 0) is 16.0 Å². The molecule has 1 aromatic heterocycles. The van der Waals surface area contributed by atoms with Crippen LogP contribution in [0.1, 0.15) is 46.6 Å². The number of nitrogens with zero attached hydrogens (tertiary/aromatic N) is 2. The van der Waals surface area contributed by atoms with Crippen LogP contribution in [0.5, 0.6) is 0 Å². The van der Waals surface area contributed by atoms with E-state index in [0.717, 1.165) is 17.2 Å². The topological polar surface area (TPSA) is 137 Å². The summed E-state index contributed by atoms with van der Waals surface area (Å²) in [6.45, 7) is 2.24. The Hall–Kier alpha value is -5.30. The number of nitrogens with one attached hydrogen (secondary N) is 3. The van der Waals surface area contributed by atoms with Crippen molar-refractivity contribution in [3.8, 4) is 6.07 Å². The lowest BCUT2D eigenvalue weighted by atomic mass is 9.90. The van der Waals surface area contributed by atoms with Crippen LogP contribution in [0, 0.1) is 30.0 Å². The SMILES string of the molecule is Cc1cc(C(=O)N[C@@H](Cc2ccc(F)cc2)C(=O)N[C@H](/C=C(\C#N)c2ccc3ccccc3c2)C[C@@H]2CCCNC2=O)no1. The lowest BCUT2D eigenvalue weighted by Gasteiger charge is -2.27. The van der Waals surface area contributed by atoms with Gasteiger partial charge in [-0.1, -0.05) is 53.7 Å². The molecule has 1 saturated heterocycles. The molecule has 10 heteroatoms. The lowest BCUT2D eigenvalue weighted by Crippen LogP contribution is -2.51. The molecule has 1 fully saturated rings. The van der Waals surface area contributed by atoms with Gasteiger partial charge in [-0.25, -0.2) is 4.39 Å². The van der Waals surface area contributed by atoms with E-state index in [1.165, 1.54) is 18.2 Å². The number of piperidine rings is 1. The number of fused-ring (bicyclic) bond motifs is 1. The van der Waals surface area contributed by atoms with E-state index in [-0.39, 0.29) is 30.4 Å². The molecule has 0 aliphatic carbocycles. The third-order valence-corrected chi connectivity index (χ3v) is 7.65. The summed E-state index contributed by atoms with van der Waals surface area (Å²) in [6, 6.07) is 21.0. The first-order valence-electron chi connectivity index (χ1n) is 14.5. The van der Waals surface area contributed by atoms with E-state index in [1.54, 1.807) is 25.1 Å². The van der Waals surface area contributed by atoms with Gasteiger partial charge in [0.15, 0.2) is 5.69 Å². The zero-order chi connectivity index (χ0) is 31.1. The summed E-state index contributed by atoms with van der Waals surface area (Å²) in [4.78, 5) is 39.5. The number of carbonyl (C=O) groups excluding carboxylic acids is 3. The van der Waals surface area contributed by atoms with Crippen LogP contribution in [0.2, 0.25) is 0 Å². The Morgan fingerprint density at radius 2 is 1.89 bits per heavy atom. The highest BCUT2D eigenvalue weighted by Gasteiger charge is 2.29. The number of aryl methyl sites for hydroxylation is 1. The van der Waals surface area contributed by atoms with Crippen molar-refractivity contribution in [3.05, 3.63) is 107 Å². The molecule has 3 N–H and O–H groups in total. The third kappa shape index (κ3) is 7.55. The second-order valence-electron chi connectivity index (χ2n) is 10.9. The summed E-state index contributed by atoms with van der Waals surface area (Å²) >= 11 is 0. The molecule has 0 spiro atoms. The van der Waals surface area contributed by atoms with Gasteiger partial charge in [0.05, 0.1) is 11.6 Å². The average molecular weight is 594 g/mol. The number of aromatic nitrogens is 1. The van der Waals surface area contributed by atoms with Crippen molar-refractivity contribution in [1.29, 1.82) is 5.26 Å². The highest BCUT2D eigenvalue weighted by atomic mass is 19.1. The van der Waals surface area contributed by atoms with Crippen molar-refractivity contribution >= 4 is 34.1 Å². The van der Waals surface area contributed by atoms with Crippen molar-refractivity contribution < 1.29 is 23.3 Å². The maximum Gasteiger partial charge on any atom is 0.274 e.